The number of carbonyl (C=O) groups excluding carboxylic acids is 1. The number of aromatic carboxylic acids is 1. The second kappa shape index (κ2) is 6.61. The summed E-state index contributed by atoms with van der Waals surface area (Å²) in [7, 11) is 0. The number of carboxylic acid groups (broad SMARTS) is 1. The van der Waals surface area contributed by atoms with Crippen molar-refractivity contribution in [3.8, 4) is 0 Å². The summed E-state index contributed by atoms with van der Waals surface area (Å²) in [6.07, 6.45) is 0.815. The minimum absolute atomic E-state index is 0.0427. The van der Waals surface area contributed by atoms with E-state index in [0.29, 0.717) is 12.3 Å². The lowest BCUT2D eigenvalue weighted by Gasteiger charge is -2.09. The van der Waals surface area contributed by atoms with Crippen molar-refractivity contribution in [2.24, 2.45) is 0 Å². The number of hydrogen-bond donors (Lipinski definition) is 3. The first-order chi connectivity index (χ1) is 8.54. The van der Waals surface area contributed by atoms with Gasteiger partial charge in [0.15, 0.2) is 0 Å². The Morgan fingerprint density at radius 1 is 1.44 bits per heavy atom. The third kappa shape index (κ3) is 4.06. The SMILES string of the molecule is CCCOCC(=O)Nc1ccc(N)cc1C(=O)O. The van der Waals surface area contributed by atoms with Gasteiger partial charge in [-0.1, -0.05) is 6.92 Å². The van der Waals surface area contributed by atoms with Crippen molar-refractivity contribution >= 4 is 23.3 Å². The summed E-state index contributed by atoms with van der Waals surface area (Å²) in [4.78, 5) is 22.5. The van der Waals surface area contributed by atoms with Gasteiger partial charge in [-0.15, -0.1) is 0 Å². The zero-order chi connectivity index (χ0) is 13.5. The Balaban J connectivity index is 2.72. The lowest BCUT2D eigenvalue weighted by Crippen LogP contribution is -2.20. The maximum absolute atomic E-state index is 11.5. The fourth-order valence-corrected chi connectivity index (χ4v) is 1.34. The summed E-state index contributed by atoms with van der Waals surface area (Å²) < 4.78 is 5.06. The number of nitrogens with two attached hydrogens (primary N) is 1. The molecule has 0 aromatic heterocycles. The Hall–Kier alpha value is -2.08. The van der Waals surface area contributed by atoms with Gasteiger partial charge in [0.2, 0.25) is 5.91 Å². The Labute approximate surface area is 105 Å². The minimum Gasteiger partial charge on any atom is -0.478 e. The highest BCUT2D eigenvalue weighted by atomic mass is 16.5. The molecule has 0 atom stereocenters. The van der Waals surface area contributed by atoms with Crippen molar-refractivity contribution in [1.29, 1.82) is 0 Å². The van der Waals surface area contributed by atoms with Crippen LogP contribution in [0.1, 0.15) is 23.7 Å². The number of nitrogens with one attached hydrogen (secondary N) is 1. The van der Waals surface area contributed by atoms with Gasteiger partial charge >= 0.3 is 5.97 Å². The quantitative estimate of drug-likeness (QED) is 0.523. The number of carboxylic acids is 1. The van der Waals surface area contributed by atoms with Gasteiger partial charge in [-0.25, -0.2) is 4.79 Å². The zero-order valence-electron chi connectivity index (χ0n) is 10.1. The molecule has 1 aromatic carbocycles. The number of ether oxygens (including phenoxy) is 1. The van der Waals surface area contributed by atoms with E-state index >= 15 is 0 Å². The van der Waals surface area contributed by atoms with Crippen LogP contribution in [0.2, 0.25) is 0 Å². The first-order valence-electron chi connectivity index (χ1n) is 5.55. The Kier molecular flexibility index (Phi) is 5.13. The van der Waals surface area contributed by atoms with Gasteiger partial charge in [-0.3, -0.25) is 4.79 Å². The molecule has 0 fully saturated rings. The van der Waals surface area contributed by atoms with Crippen LogP contribution in [0.3, 0.4) is 0 Å². The van der Waals surface area contributed by atoms with Crippen molar-refractivity contribution in [3.63, 3.8) is 0 Å². The standard InChI is InChI=1S/C12H16N2O4/c1-2-5-18-7-11(15)14-10-4-3-8(13)6-9(10)12(16)17/h3-4,6H,2,5,7,13H2,1H3,(H,14,15)(H,16,17). The number of nitrogen functional groups attached to an aromatic ring is 1. The number of carbonyl (C=O) groups is 2. The van der Waals surface area contributed by atoms with E-state index in [1.807, 2.05) is 6.92 Å². The van der Waals surface area contributed by atoms with Gasteiger partial charge in [0, 0.05) is 12.3 Å². The highest BCUT2D eigenvalue weighted by Gasteiger charge is 2.12. The Bertz CT molecular complexity index is 446. The van der Waals surface area contributed by atoms with Gasteiger partial charge in [-0.2, -0.15) is 0 Å². The molecule has 1 amide bonds. The monoisotopic (exact) mass is 252 g/mol. The third-order valence-electron chi connectivity index (χ3n) is 2.13. The van der Waals surface area contributed by atoms with E-state index in [4.69, 9.17) is 15.6 Å². The molecule has 1 rings (SSSR count). The summed E-state index contributed by atoms with van der Waals surface area (Å²) in [6, 6.07) is 4.27. The van der Waals surface area contributed by atoms with E-state index in [0.717, 1.165) is 6.42 Å². The van der Waals surface area contributed by atoms with E-state index in [1.54, 1.807) is 0 Å². The van der Waals surface area contributed by atoms with Crippen LogP contribution in [0.25, 0.3) is 0 Å². The molecule has 0 heterocycles. The third-order valence-corrected chi connectivity index (χ3v) is 2.13. The van der Waals surface area contributed by atoms with E-state index < -0.39 is 11.9 Å². The van der Waals surface area contributed by atoms with Crippen molar-refractivity contribution in [1.82, 2.24) is 0 Å². The molecule has 4 N–H and O–H groups in total. The fraction of sp³-hybridized carbons (Fsp3) is 0.333. The molecule has 6 heteroatoms. The van der Waals surface area contributed by atoms with E-state index in [9.17, 15) is 9.59 Å². The molecule has 0 aliphatic rings. The predicted octanol–water partition coefficient (Wildman–Crippen LogP) is 1.33. The van der Waals surface area contributed by atoms with Gasteiger partial charge in [0.05, 0.1) is 11.3 Å². The maximum atomic E-state index is 11.5. The first kappa shape index (κ1) is 14.0. The Morgan fingerprint density at radius 2 is 2.17 bits per heavy atom. The summed E-state index contributed by atoms with van der Waals surface area (Å²) in [5.74, 6) is -1.54. The molecule has 0 aliphatic heterocycles. The van der Waals surface area contributed by atoms with Crippen LogP contribution in [0.5, 0.6) is 0 Å². The van der Waals surface area contributed by atoms with Crippen LogP contribution < -0.4 is 11.1 Å². The van der Waals surface area contributed by atoms with E-state index in [2.05, 4.69) is 5.32 Å². The zero-order valence-corrected chi connectivity index (χ0v) is 10.1. The maximum Gasteiger partial charge on any atom is 0.337 e. The lowest BCUT2D eigenvalue weighted by molar-refractivity contribution is -0.120. The van der Waals surface area contributed by atoms with Gasteiger partial charge in [0.1, 0.15) is 6.61 Å². The van der Waals surface area contributed by atoms with Crippen molar-refractivity contribution in [2.45, 2.75) is 13.3 Å². The van der Waals surface area contributed by atoms with Crippen LogP contribution in [-0.4, -0.2) is 30.2 Å². The van der Waals surface area contributed by atoms with Crippen molar-refractivity contribution in [3.05, 3.63) is 23.8 Å². The second-order valence-electron chi connectivity index (χ2n) is 3.71. The topological polar surface area (TPSA) is 102 Å². The average molecular weight is 252 g/mol. The van der Waals surface area contributed by atoms with Crippen LogP contribution in [-0.2, 0) is 9.53 Å². The summed E-state index contributed by atoms with van der Waals surface area (Å²) in [5, 5.41) is 11.5. The normalized spacial score (nSPS) is 10.1. The smallest absolute Gasteiger partial charge is 0.337 e. The molecular formula is C12H16N2O4. The summed E-state index contributed by atoms with van der Waals surface area (Å²) >= 11 is 0. The molecule has 18 heavy (non-hydrogen) atoms. The van der Waals surface area contributed by atoms with Crippen LogP contribution in [0, 0.1) is 0 Å². The average Bonchev–Trinajstić information content (AvgIpc) is 2.31. The lowest BCUT2D eigenvalue weighted by atomic mass is 10.1. The van der Waals surface area contributed by atoms with Gasteiger partial charge in [-0.05, 0) is 24.6 Å². The highest BCUT2D eigenvalue weighted by molar-refractivity contribution is 6.01. The second-order valence-corrected chi connectivity index (χ2v) is 3.71. The highest BCUT2D eigenvalue weighted by Crippen LogP contribution is 2.18. The molecule has 0 radical (unpaired) electrons. The molecular weight excluding hydrogens is 236 g/mol. The van der Waals surface area contributed by atoms with E-state index in [1.165, 1.54) is 18.2 Å². The van der Waals surface area contributed by atoms with Crippen LogP contribution >= 0.6 is 0 Å². The molecule has 0 bridgehead atoms. The summed E-state index contributed by atoms with van der Waals surface area (Å²) in [5.41, 5.74) is 5.99. The molecule has 0 saturated heterocycles. The molecule has 0 aliphatic carbocycles. The molecule has 0 spiro atoms. The van der Waals surface area contributed by atoms with E-state index in [-0.39, 0.29) is 17.9 Å². The molecule has 0 unspecified atom stereocenters. The predicted molar refractivity (Wildman–Crippen MR) is 67.6 cm³/mol. The summed E-state index contributed by atoms with van der Waals surface area (Å²) in [6.45, 7) is 2.32. The largest absolute Gasteiger partial charge is 0.478 e. The minimum atomic E-state index is -1.15. The molecule has 0 saturated carbocycles. The fourth-order valence-electron chi connectivity index (χ4n) is 1.34. The number of amides is 1. The molecule has 1 aromatic rings. The van der Waals surface area contributed by atoms with Crippen LogP contribution in [0.15, 0.2) is 18.2 Å². The Morgan fingerprint density at radius 3 is 2.78 bits per heavy atom. The number of rotatable bonds is 6. The number of hydrogen-bond acceptors (Lipinski definition) is 4. The number of anilines is 2. The van der Waals surface area contributed by atoms with Gasteiger partial charge < -0.3 is 20.9 Å². The first-order valence-corrected chi connectivity index (χ1v) is 5.55. The van der Waals surface area contributed by atoms with Crippen molar-refractivity contribution < 1.29 is 19.4 Å². The molecule has 6 nitrogen and oxygen atoms in total. The van der Waals surface area contributed by atoms with Crippen molar-refractivity contribution in [2.75, 3.05) is 24.3 Å². The number of benzene rings is 1. The van der Waals surface area contributed by atoms with Crippen LogP contribution in [0.4, 0.5) is 11.4 Å². The molecule has 98 valence electrons. The van der Waals surface area contributed by atoms with Gasteiger partial charge in [0.25, 0.3) is 0 Å².